The number of rotatable bonds is 7. The molecule has 1 saturated heterocycles. The van der Waals surface area contributed by atoms with Crippen LogP contribution in [0, 0.1) is 12.7 Å². The minimum Gasteiger partial charge on any atom is -0.298 e. The molecule has 0 saturated carbocycles. The zero-order valence-corrected chi connectivity index (χ0v) is 19.4. The molecular weight excluding hydrogens is 464 g/mol. The van der Waals surface area contributed by atoms with Crippen molar-refractivity contribution in [1.82, 2.24) is 24.2 Å². The third kappa shape index (κ3) is 4.71. The number of hydrogen-bond acceptors (Lipinski definition) is 7. The maximum Gasteiger partial charge on any atom is 0.244 e. The molecule has 34 heavy (non-hydrogen) atoms. The van der Waals surface area contributed by atoms with Gasteiger partial charge in [0, 0.05) is 43.2 Å². The highest BCUT2D eigenvalue weighted by Gasteiger charge is 2.48. The molecule has 11 heteroatoms. The van der Waals surface area contributed by atoms with Gasteiger partial charge in [-0.05, 0) is 44.0 Å². The number of nitrogens with zero attached hydrogens (tertiary/aromatic N) is 5. The lowest BCUT2D eigenvalue weighted by molar-refractivity contribution is -0.122. The van der Waals surface area contributed by atoms with Crippen molar-refractivity contribution in [2.24, 2.45) is 0 Å². The fraction of sp³-hybridized carbons (Fsp3) is 0.348. The summed E-state index contributed by atoms with van der Waals surface area (Å²) in [6.45, 7) is 3.18. The molecule has 1 aliphatic rings. The molecule has 0 unspecified atom stereocenters. The number of Topliss-reactive ketones (excluding diaryl/α,β-unsaturated/α-hetero) is 1. The second-order valence-corrected chi connectivity index (χ2v) is 10.0. The Hall–Kier alpha value is -3.18. The molecule has 3 aromatic rings. The zero-order valence-electron chi connectivity index (χ0n) is 18.6. The maximum absolute atomic E-state index is 14.6. The van der Waals surface area contributed by atoms with Gasteiger partial charge in [0.1, 0.15) is 17.8 Å². The quantitative estimate of drug-likeness (QED) is 0.504. The molecule has 8 nitrogen and oxygen atoms in total. The lowest BCUT2D eigenvalue weighted by atomic mass is 10.0. The number of pyridine rings is 2. The predicted molar refractivity (Wildman–Crippen MR) is 119 cm³/mol. The Morgan fingerprint density at radius 1 is 1.15 bits per heavy atom. The van der Waals surface area contributed by atoms with Crippen LogP contribution in [0.2, 0.25) is 0 Å². The predicted octanol–water partition coefficient (Wildman–Crippen LogP) is 3.07. The van der Waals surface area contributed by atoms with Crippen LogP contribution in [0.1, 0.15) is 31.2 Å². The average molecular weight is 488 g/mol. The van der Waals surface area contributed by atoms with E-state index >= 15 is 0 Å². The minimum absolute atomic E-state index is 0.0118. The molecule has 0 amide bonds. The Bertz CT molecular complexity index is 1290. The highest BCUT2D eigenvalue weighted by molar-refractivity contribution is 7.89. The van der Waals surface area contributed by atoms with Gasteiger partial charge in [-0.1, -0.05) is 0 Å². The summed E-state index contributed by atoms with van der Waals surface area (Å²) in [6, 6.07) is 1.95. The fourth-order valence-corrected chi connectivity index (χ4v) is 5.85. The van der Waals surface area contributed by atoms with E-state index in [1.165, 1.54) is 37.5 Å². The summed E-state index contributed by atoms with van der Waals surface area (Å²) in [4.78, 5) is 29.1. The molecule has 4 heterocycles. The molecule has 0 N–H and O–H groups in total. The first-order chi connectivity index (χ1) is 16.2. The van der Waals surface area contributed by atoms with Crippen molar-refractivity contribution in [3.8, 4) is 11.3 Å². The number of ketones is 1. The number of hydrogen-bond donors (Lipinski definition) is 0. The van der Waals surface area contributed by atoms with E-state index in [-0.39, 0.29) is 29.7 Å². The van der Waals surface area contributed by atoms with Crippen LogP contribution in [0.25, 0.3) is 11.3 Å². The smallest absolute Gasteiger partial charge is 0.244 e. The molecule has 0 spiro atoms. The van der Waals surface area contributed by atoms with E-state index in [9.17, 15) is 22.0 Å². The Balaban J connectivity index is 1.54. The first-order valence-electron chi connectivity index (χ1n) is 10.7. The van der Waals surface area contributed by atoms with Crippen LogP contribution in [-0.4, -0.2) is 56.7 Å². The zero-order chi connectivity index (χ0) is 24.5. The van der Waals surface area contributed by atoms with Crippen molar-refractivity contribution >= 4 is 15.8 Å². The summed E-state index contributed by atoms with van der Waals surface area (Å²) in [5.74, 6) is -0.477. The Labute approximate surface area is 196 Å². The molecule has 1 fully saturated rings. The van der Waals surface area contributed by atoms with Crippen LogP contribution in [0.5, 0.6) is 0 Å². The van der Waals surface area contributed by atoms with E-state index in [1.54, 1.807) is 19.3 Å². The highest BCUT2D eigenvalue weighted by atomic mass is 32.2. The van der Waals surface area contributed by atoms with Crippen molar-refractivity contribution in [3.05, 3.63) is 66.4 Å². The number of aromatic nitrogens is 4. The minimum atomic E-state index is -4.12. The molecule has 178 valence electrons. The number of alkyl halides is 1. The van der Waals surface area contributed by atoms with Gasteiger partial charge in [-0.15, -0.1) is 0 Å². The van der Waals surface area contributed by atoms with Crippen LogP contribution in [0.4, 0.5) is 8.78 Å². The molecule has 0 radical (unpaired) electrons. The van der Waals surface area contributed by atoms with Gasteiger partial charge >= 0.3 is 0 Å². The van der Waals surface area contributed by atoms with Crippen LogP contribution in [-0.2, 0) is 21.2 Å². The average Bonchev–Trinajstić information content (AvgIpc) is 3.14. The number of aryl methyl sites for hydroxylation is 2. The Kier molecular flexibility index (Phi) is 6.76. The van der Waals surface area contributed by atoms with Gasteiger partial charge in [-0.3, -0.25) is 14.8 Å². The van der Waals surface area contributed by atoms with E-state index in [0.29, 0.717) is 17.1 Å². The van der Waals surface area contributed by atoms with Gasteiger partial charge in [-0.2, -0.15) is 4.31 Å². The summed E-state index contributed by atoms with van der Waals surface area (Å²) in [5.41, 5.74) is 1.28. The normalized spacial score (nSPS) is 21.0. The number of halogens is 2. The third-order valence-electron chi connectivity index (χ3n) is 5.93. The topological polar surface area (TPSA) is 106 Å². The van der Waals surface area contributed by atoms with E-state index in [1.807, 2.05) is 0 Å². The summed E-state index contributed by atoms with van der Waals surface area (Å²) in [7, 11) is -4.12. The Morgan fingerprint density at radius 3 is 2.50 bits per heavy atom. The van der Waals surface area contributed by atoms with Gasteiger partial charge in [0.15, 0.2) is 5.78 Å². The van der Waals surface area contributed by atoms with Gasteiger partial charge < -0.3 is 0 Å². The second kappa shape index (κ2) is 9.59. The lowest BCUT2D eigenvalue weighted by Crippen LogP contribution is -2.44. The van der Waals surface area contributed by atoms with Crippen molar-refractivity contribution in [2.75, 3.05) is 0 Å². The fourth-order valence-electron chi connectivity index (χ4n) is 4.03. The molecule has 0 aliphatic carbocycles. The van der Waals surface area contributed by atoms with Crippen molar-refractivity contribution in [1.29, 1.82) is 0 Å². The summed E-state index contributed by atoms with van der Waals surface area (Å²) in [5, 5.41) is 0. The molecule has 4 rings (SSSR count). The van der Waals surface area contributed by atoms with Crippen LogP contribution in [0.15, 0.2) is 54.1 Å². The van der Waals surface area contributed by atoms with Gasteiger partial charge in [0.05, 0.1) is 28.9 Å². The van der Waals surface area contributed by atoms with Crippen LogP contribution >= 0.6 is 0 Å². The molecule has 0 aromatic carbocycles. The van der Waals surface area contributed by atoms with Crippen molar-refractivity contribution in [3.63, 3.8) is 0 Å². The van der Waals surface area contributed by atoms with Gasteiger partial charge in [-0.25, -0.2) is 27.2 Å². The number of carbonyl (C=O) groups is 1. The number of carbonyl (C=O) groups excluding carboxylic acids is 1. The van der Waals surface area contributed by atoms with E-state index in [2.05, 4.69) is 19.9 Å². The largest absolute Gasteiger partial charge is 0.298 e. The molecule has 3 aromatic heterocycles. The third-order valence-corrected chi connectivity index (χ3v) is 7.94. The van der Waals surface area contributed by atoms with Crippen molar-refractivity contribution in [2.45, 2.75) is 56.3 Å². The van der Waals surface area contributed by atoms with E-state index < -0.39 is 39.9 Å². The first kappa shape index (κ1) is 24.0. The van der Waals surface area contributed by atoms with Gasteiger partial charge in [0.2, 0.25) is 10.0 Å². The SMILES string of the molecule is Cc1ncc(-c2cc(CCC(=O)[C@@H]3C[C@@H](F)[C@H](C)N3S(=O)(=O)c3ccncc3)c(F)cn2)cn1. The molecule has 0 bridgehead atoms. The van der Waals surface area contributed by atoms with Crippen molar-refractivity contribution < 1.29 is 22.0 Å². The van der Waals surface area contributed by atoms with E-state index in [4.69, 9.17) is 0 Å². The lowest BCUT2D eigenvalue weighted by Gasteiger charge is -2.26. The molecule has 3 atom stereocenters. The molecule has 1 aliphatic heterocycles. The van der Waals surface area contributed by atoms with Crippen LogP contribution in [0.3, 0.4) is 0 Å². The van der Waals surface area contributed by atoms with Crippen LogP contribution < -0.4 is 0 Å². The monoisotopic (exact) mass is 487 g/mol. The Morgan fingerprint density at radius 2 is 1.82 bits per heavy atom. The standard InChI is InChI=1S/C23H23F2N5O3S/c1-14-19(24)10-22(30(14)34(32,33)18-5-7-26-8-6-18)23(31)4-3-16-9-21(29-13-20(16)25)17-11-27-15(2)28-12-17/h5-9,11-14,19,22H,3-4,10H2,1-2H3/t14-,19+,22-/m0/s1. The summed E-state index contributed by atoms with van der Waals surface area (Å²) < 4.78 is 56.2. The summed E-state index contributed by atoms with van der Waals surface area (Å²) in [6.07, 6.45) is 4.97. The molecular formula is C23H23F2N5O3S. The maximum atomic E-state index is 14.6. The van der Waals surface area contributed by atoms with Gasteiger partial charge in [0.25, 0.3) is 0 Å². The summed E-state index contributed by atoms with van der Waals surface area (Å²) >= 11 is 0. The highest BCUT2D eigenvalue weighted by Crippen LogP contribution is 2.34. The first-order valence-corrected chi connectivity index (χ1v) is 12.2. The second-order valence-electron chi connectivity index (χ2n) is 8.17. The number of sulfonamides is 1. The van der Waals surface area contributed by atoms with E-state index in [0.717, 1.165) is 10.5 Å².